The highest BCUT2D eigenvalue weighted by Crippen LogP contribution is 2.33. The van der Waals surface area contributed by atoms with Gasteiger partial charge in [-0.2, -0.15) is 8.78 Å². The Bertz CT molecular complexity index is 549. The van der Waals surface area contributed by atoms with Crippen molar-refractivity contribution < 1.29 is 23.1 Å². The number of rotatable bonds is 4. The molecule has 0 radical (unpaired) electrons. The fourth-order valence-electron chi connectivity index (χ4n) is 2.36. The lowest BCUT2D eigenvalue weighted by Crippen LogP contribution is -2.60. The number of piperazine rings is 1. The number of alkyl halides is 2. The summed E-state index contributed by atoms with van der Waals surface area (Å²) in [6.07, 6.45) is 0. The van der Waals surface area contributed by atoms with Gasteiger partial charge in [-0.05, 0) is 18.1 Å². The average Bonchev–Trinajstić information content (AvgIpc) is 2.41. The molecule has 7 heteroatoms. The molecule has 1 unspecified atom stereocenters. The number of nitrogens with one attached hydrogen (secondary N) is 1. The van der Waals surface area contributed by atoms with E-state index in [0.717, 1.165) is 0 Å². The van der Waals surface area contributed by atoms with Crippen molar-refractivity contribution >= 4 is 17.5 Å². The molecule has 1 saturated heterocycles. The number of benzene rings is 1. The fraction of sp³-hybridized carbons (Fsp3) is 0.429. The number of carbonyl (C=O) groups is 2. The van der Waals surface area contributed by atoms with Gasteiger partial charge in [0.1, 0.15) is 11.8 Å². The first-order valence-electron chi connectivity index (χ1n) is 6.55. The molecule has 1 aliphatic heterocycles. The topological polar surface area (TPSA) is 58.6 Å². The van der Waals surface area contributed by atoms with Gasteiger partial charge >= 0.3 is 6.61 Å². The van der Waals surface area contributed by atoms with Crippen molar-refractivity contribution in [1.82, 2.24) is 5.32 Å². The zero-order valence-electron chi connectivity index (χ0n) is 11.7. The summed E-state index contributed by atoms with van der Waals surface area (Å²) in [5, 5.41) is 2.50. The number of ether oxygens (including phenoxy) is 1. The molecule has 21 heavy (non-hydrogen) atoms. The Morgan fingerprint density at radius 1 is 1.29 bits per heavy atom. The molecule has 114 valence electrons. The van der Waals surface area contributed by atoms with Gasteiger partial charge in [-0.25, -0.2) is 0 Å². The second kappa shape index (κ2) is 6.07. The third-order valence-corrected chi connectivity index (χ3v) is 3.20. The first-order chi connectivity index (χ1) is 9.91. The smallest absolute Gasteiger partial charge is 0.387 e. The van der Waals surface area contributed by atoms with E-state index in [9.17, 15) is 18.4 Å². The van der Waals surface area contributed by atoms with Crippen LogP contribution >= 0.6 is 0 Å². The Hall–Kier alpha value is -2.18. The summed E-state index contributed by atoms with van der Waals surface area (Å²) in [5.74, 6) is -0.967. The van der Waals surface area contributed by atoms with Crippen molar-refractivity contribution in [1.29, 1.82) is 0 Å². The van der Waals surface area contributed by atoms with E-state index in [1.165, 1.54) is 23.1 Å². The fourth-order valence-corrected chi connectivity index (χ4v) is 2.36. The van der Waals surface area contributed by atoms with Gasteiger partial charge in [0.2, 0.25) is 11.8 Å². The molecule has 0 saturated carbocycles. The zero-order chi connectivity index (χ0) is 15.6. The molecule has 0 spiro atoms. The maximum Gasteiger partial charge on any atom is 0.387 e. The van der Waals surface area contributed by atoms with Crippen LogP contribution < -0.4 is 15.0 Å². The van der Waals surface area contributed by atoms with E-state index in [1.54, 1.807) is 19.9 Å². The summed E-state index contributed by atoms with van der Waals surface area (Å²) in [5.41, 5.74) is 0.177. The van der Waals surface area contributed by atoms with Crippen LogP contribution in [0, 0.1) is 5.92 Å². The second-order valence-corrected chi connectivity index (χ2v) is 5.02. The molecule has 0 bridgehead atoms. The van der Waals surface area contributed by atoms with Crippen LogP contribution in [0.15, 0.2) is 24.3 Å². The molecular weight excluding hydrogens is 282 g/mol. The van der Waals surface area contributed by atoms with E-state index in [2.05, 4.69) is 10.1 Å². The van der Waals surface area contributed by atoms with Gasteiger partial charge in [-0.15, -0.1) is 0 Å². The molecule has 0 aromatic heterocycles. The van der Waals surface area contributed by atoms with E-state index in [4.69, 9.17) is 0 Å². The second-order valence-electron chi connectivity index (χ2n) is 5.02. The summed E-state index contributed by atoms with van der Waals surface area (Å²) >= 11 is 0. The highest BCUT2D eigenvalue weighted by molar-refractivity contribution is 6.07. The average molecular weight is 298 g/mol. The summed E-state index contributed by atoms with van der Waals surface area (Å²) in [7, 11) is 0. The molecule has 2 rings (SSSR count). The van der Waals surface area contributed by atoms with Crippen molar-refractivity contribution in [2.24, 2.45) is 5.92 Å². The lowest BCUT2D eigenvalue weighted by molar-refractivity contribution is -0.132. The SMILES string of the molecule is CC(C)C1C(=O)NCC(=O)N1c1ccccc1OC(F)F. The lowest BCUT2D eigenvalue weighted by Gasteiger charge is -2.37. The molecule has 1 N–H and O–H groups in total. The van der Waals surface area contributed by atoms with Crippen LogP contribution in [0.4, 0.5) is 14.5 Å². The summed E-state index contributed by atoms with van der Waals surface area (Å²) in [6, 6.07) is 5.21. The summed E-state index contributed by atoms with van der Waals surface area (Å²) in [6.45, 7) is 0.404. The Balaban J connectivity index is 2.46. The van der Waals surface area contributed by atoms with Crippen LogP contribution in [0.5, 0.6) is 5.75 Å². The molecule has 1 atom stereocenters. The Kier molecular flexibility index (Phi) is 4.40. The maximum absolute atomic E-state index is 12.5. The number of halogens is 2. The predicted molar refractivity (Wildman–Crippen MR) is 72.2 cm³/mol. The monoisotopic (exact) mass is 298 g/mol. The third kappa shape index (κ3) is 3.12. The highest BCUT2D eigenvalue weighted by atomic mass is 19.3. The predicted octanol–water partition coefficient (Wildman–Crippen LogP) is 1.78. The summed E-state index contributed by atoms with van der Waals surface area (Å²) in [4.78, 5) is 25.4. The first kappa shape index (κ1) is 15.2. The van der Waals surface area contributed by atoms with Gasteiger partial charge < -0.3 is 10.1 Å². The third-order valence-electron chi connectivity index (χ3n) is 3.20. The van der Waals surface area contributed by atoms with E-state index in [0.29, 0.717) is 0 Å². The number of hydrogen-bond donors (Lipinski definition) is 1. The number of nitrogens with zero attached hydrogens (tertiary/aromatic N) is 1. The van der Waals surface area contributed by atoms with Crippen LogP contribution in [0.2, 0.25) is 0 Å². The number of anilines is 1. The molecule has 1 aromatic carbocycles. The maximum atomic E-state index is 12.5. The molecular formula is C14H16F2N2O3. The quantitative estimate of drug-likeness (QED) is 0.921. The number of hydrogen-bond acceptors (Lipinski definition) is 3. The highest BCUT2D eigenvalue weighted by Gasteiger charge is 2.38. The first-order valence-corrected chi connectivity index (χ1v) is 6.55. The molecule has 2 amide bonds. The minimum absolute atomic E-state index is 0.124. The largest absolute Gasteiger partial charge is 0.433 e. The van der Waals surface area contributed by atoms with E-state index in [-0.39, 0.29) is 35.7 Å². The molecule has 0 aliphatic carbocycles. The van der Waals surface area contributed by atoms with Crippen molar-refractivity contribution in [3.05, 3.63) is 24.3 Å². The van der Waals surface area contributed by atoms with Crippen molar-refractivity contribution in [3.8, 4) is 5.75 Å². The van der Waals surface area contributed by atoms with Gasteiger partial charge in [0.15, 0.2) is 0 Å². The van der Waals surface area contributed by atoms with Gasteiger partial charge in [-0.1, -0.05) is 26.0 Å². The van der Waals surface area contributed by atoms with Crippen molar-refractivity contribution in [2.75, 3.05) is 11.4 Å². The molecule has 1 heterocycles. The standard InChI is InChI=1S/C14H16F2N2O3/c1-8(2)12-13(20)17-7-11(19)18(12)9-5-3-4-6-10(9)21-14(15)16/h3-6,8,12,14H,7H2,1-2H3,(H,17,20). The van der Waals surface area contributed by atoms with Crippen LogP contribution in [-0.4, -0.2) is 31.0 Å². The van der Waals surface area contributed by atoms with Gasteiger partial charge in [-0.3, -0.25) is 14.5 Å². The Morgan fingerprint density at radius 3 is 2.57 bits per heavy atom. The zero-order valence-corrected chi connectivity index (χ0v) is 11.7. The van der Waals surface area contributed by atoms with E-state index in [1.807, 2.05) is 0 Å². The van der Waals surface area contributed by atoms with Crippen LogP contribution in [0.3, 0.4) is 0 Å². The summed E-state index contributed by atoms with van der Waals surface area (Å²) < 4.78 is 29.4. The lowest BCUT2D eigenvalue weighted by atomic mass is 9.98. The van der Waals surface area contributed by atoms with Gasteiger partial charge in [0.25, 0.3) is 0 Å². The Labute approximate surface area is 120 Å². The van der Waals surface area contributed by atoms with Crippen LogP contribution in [-0.2, 0) is 9.59 Å². The van der Waals surface area contributed by atoms with Crippen LogP contribution in [0.1, 0.15) is 13.8 Å². The van der Waals surface area contributed by atoms with Gasteiger partial charge in [0.05, 0.1) is 12.2 Å². The van der Waals surface area contributed by atoms with E-state index < -0.39 is 12.7 Å². The molecule has 1 aliphatic rings. The van der Waals surface area contributed by atoms with Crippen molar-refractivity contribution in [3.63, 3.8) is 0 Å². The number of carbonyl (C=O) groups excluding carboxylic acids is 2. The van der Waals surface area contributed by atoms with Crippen molar-refractivity contribution in [2.45, 2.75) is 26.5 Å². The van der Waals surface area contributed by atoms with Gasteiger partial charge in [0, 0.05) is 0 Å². The Morgan fingerprint density at radius 2 is 1.95 bits per heavy atom. The number of amides is 2. The minimum Gasteiger partial charge on any atom is -0.433 e. The van der Waals surface area contributed by atoms with Crippen LogP contribution in [0.25, 0.3) is 0 Å². The normalized spacial score (nSPS) is 19.1. The van der Waals surface area contributed by atoms with E-state index >= 15 is 0 Å². The number of para-hydroxylation sites is 2. The minimum atomic E-state index is -3.00. The molecule has 1 fully saturated rings. The molecule has 1 aromatic rings. The molecule has 5 nitrogen and oxygen atoms in total.